The second-order valence-electron chi connectivity index (χ2n) is 4.28. The number of methoxy groups -OCH3 is 1. The van der Waals surface area contributed by atoms with Crippen LogP contribution in [0.5, 0.6) is 0 Å². The third-order valence-corrected chi connectivity index (χ3v) is 2.91. The number of hydrogen-bond donors (Lipinski definition) is 0. The number of rotatable bonds is 4. The van der Waals surface area contributed by atoms with Crippen molar-refractivity contribution in [2.45, 2.75) is 12.8 Å². The number of esters is 1. The van der Waals surface area contributed by atoms with Crippen LogP contribution in [0.3, 0.4) is 0 Å². The maximum atomic E-state index is 11.3. The van der Waals surface area contributed by atoms with Crippen LogP contribution in [-0.4, -0.2) is 31.3 Å². The van der Waals surface area contributed by atoms with E-state index in [2.05, 4.69) is 4.74 Å². The zero-order valence-corrected chi connectivity index (χ0v) is 11.1. The minimum Gasteiger partial charge on any atom is -0.465 e. The average molecular weight is 259 g/mol. The Hall–Kier alpha value is -2.07. The molecule has 19 heavy (non-hydrogen) atoms. The second kappa shape index (κ2) is 6.20. The molecular weight excluding hydrogens is 242 g/mol. The lowest BCUT2D eigenvalue weighted by Crippen LogP contribution is -2.29. The van der Waals surface area contributed by atoms with Crippen LogP contribution in [-0.2, 0) is 16.1 Å². The molecule has 0 bridgehead atoms. The lowest BCUT2D eigenvalue weighted by atomic mass is 10.1. The molecule has 0 saturated carbocycles. The van der Waals surface area contributed by atoms with Crippen LogP contribution in [0.1, 0.15) is 15.9 Å². The minimum absolute atomic E-state index is 0.0507. The Morgan fingerprint density at radius 3 is 2.63 bits per heavy atom. The van der Waals surface area contributed by atoms with E-state index >= 15 is 0 Å². The summed E-state index contributed by atoms with van der Waals surface area (Å²) in [5.74, 6) is -0.326. The number of hydrogen-bond acceptors (Lipinski definition) is 4. The molecule has 1 aromatic carbocycles. The fourth-order valence-electron chi connectivity index (χ4n) is 1.77. The molecule has 0 spiro atoms. The topological polar surface area (TPSA) is 38.8 Å². The molecule has 0 fully saturated rings. The number of likely N-dealkylation sites (N-methyl/N-ethyl adjacent to an activating group) is 1. The summed E-state index contributed by atoms with van der Waals surface area (Å²) >= 11 is 0. The molecule has 0 radical (unpaired) electrons. The van der Waals surface area contributed by atoms with E-state index < -0.39 is 0 Å². The van der Waals surface area contributed by atoms with Crippen LogP contribution in [0.4, 0.5) is 0 Å². The third kappa shape index (κ3) is 3.45. The first-order valence-electron chi connectivity index (χ1n) is 6.06. The summed E-state index contributed by atoms with van der Waals surface area (Å²) in [6, 6.07) is 7.22. The van der Waals surface area contributed by atoms with Crippen LogP contribution >= 0.6 is 0 Å². The number of carbonyl (C=O) groups is 1. The summed E-state index contributed by atoms with van der Waals surface area (Å²) < 4.78 is 10.4. The first kappa shape index (κ1) is 13.4. The van der Waals surface area contributed by atoms with E-state index in [4.69, 9.17) is 4.74 Å². The van der Waals surface area contributed by atoms with Crippen LogP contribution < -0.4 is 0 Å². The van der Waals surface area contributed by atoms with Crippen molar-refractivity contribution in [2.75, 3.05) is 14.2 Å². The van der Waals surface area contributed by atoms with Crippen molar-refractivity contribution in [3.8, 4) is 0 Å². The summed E-state index contributed by atoms with van der Waals surface area (Å²) in [5.41, 5.74) is 1.56. The monoisotopic (exact) mass is 259 g/mol. The highest BCUT2D eigenvalue weighted by Crippen LogP contribution is 2.12. The summed E-state index contributed by atoms with van der Waals surface area (Å²) in [4.78, 5) is 13.3. The molecule has 1 aliphatic rings. The standard InChI is InChI=1S/C15H17NO3/c1-16-10-4-3-5-14(16)19-11-12-6-8-13(9-7-12)15(17)18-2/h3-10,14H,11H2,1-2H3. The molecule has 1 unspecified atom stereocenters. The van der Waals surface area contributed by atoms with Gasteiger partial charge in [0.25, 0.3) is 0 Å². The normalized spacial score (nSPS) is 17.6. The van der Waals surface area contributed by atoms with Crippen LogP contribution in [0.25, 0.3) is 0 Å². The molecule has 0 saturated heterocycles. The van der Waals surface area contributed by atoms with Gasteiger partial charge in [0, 0.05) is 13.2 Å². The van der Waals surface area contributed by atoms with Gasteiger partial charge in [-0.25, -0.2) is 4.79 Å². The fraction of sp³-hybridized carbons (Fsp3) is 0.267. The second-order valence-corrected chi connectivity index (χ2v) is 4.28. The molecule has 1 heterocycles. The molecule has 1 aromatic rings. The third-order valence-electron chi connectivity index (χ3n) is 2.91. The van der Waals surface area contributed by atoms with Crippen LogP contribution in [0.15, 0.2) is 48.7 Å². The highest BCUT2D eigenvalue weighted by atomic mass is 16.5. The van der Waals surface area contributed by atoms with Gasteiger partial charge in [0.1, 0.15) is 6.23 Å². The Kier molecular flexibility index (Phi) is 4.36. The molecule has 100 valence electrons. The van der Waals surface area contributed by atoms with Crippen molar-refractivity contribution in [1.29, 1.82) is 0 Å². The molecule has 0 aliphatic carbocycles. The molecule has 2 rings (SSSR count). The molecule has 0 aromatic heterocycles. The molecule has 0 N–H and O–H groups in total. The Morgan fingerprint density at radius 2 is 2.00 bits per heavy atom. The molecular formula is C15H17NO3. The SMILES string of the molecule is COC(=O)c1ccc(COC2C=CC=CN2C)cc1. The highest BCUT2D eigenvalue weighted by molar-refractivity contribution is 5.89. The van der Waals surface area contributed by atoms with Gasteiger partial charge in [-0.1, -0.05) is 18.2 Å². The van der Waals surface area contributed by atoms with Crippen molar-refractivity contribution in [3.05, 3.63) is 59.8 Å². The quantitative estimate of drug-likeness (QED) is 0.778. The largest absolute Gasteiger partial charge is 0.465 e. The van der Waals surface area contributed by atoms with E-state index in [1.807, 2.05) is 48.5 Å². The first-order chi connectivity index (χ1) is 9.20. The van der Waals surface area contributed by atoms with Crippen LogP contribution in [0, 0.1) is 0 Å². The summed E-state index contributed by atoms with van der Waals surface area (Å²) in [6.07, 6.45) is 7.83. The highest BCUT2D eigenvalue weighted by Gasteiger charge is 2.11. The van der Waals surface area contributed by atoms with Crippen molar-refractivity contribution >= 4 is 5.97 Å². The number of nitrogens with zero attached hydrogens (tertiary/aromatic N) is 1. The molecule has 4 heteroatoms. The number of carbonyl (C=O) groups excluding carboxylic acids is 1. The Bertz CT molecular complexity index is 491. The summed E-state index contributed by atoms with van der Waals surface area (Å²) in [5, 5.41) is 0. The lowest BCUT2D eigenvalue weighted by Gasteiger charge is -2.26. The van der Waals surface area contributed by atoms with E-state index in [1.165, 1.54) is 7.11 Å². The fourth-order valence-corrected chi connectivity index (χ4v) is 1.77. The van der Waals surface area contributed by atoms with Crippen molar-refractivity contribution in [2.24, 2.45) is 0 Å². The lowest BCUT2D eigenvalue weighted by molar-refractivity contribution is -0.00460. The predicted octanol–water partition coefficient (Wildman–Crippen LogP) is 2.33. The van der Waals surface area contributed by atoms with Gasteiger partial charge in [-0.2, -0.15) is 0 Å². The predicted molar refractivity (Wildman–Crippen MR) is 72.4 cm³/mol. The minimum atomic E-state index is -0.326. The zero-order valence-electron chi connectivity index (χ0n) is 11.1. The smallest absolute Gasteiger partial charge is 0.337 e. The maximum Gasteiger partial charge on any atom is 0.337 e. The first-order valence-corrected chi connectivity index (χ1v) is 6.06. The summed E-state index contributed by atoms with van der Waals surface area (Å²) in [7, 11) is 3.34. The van der Waals surface area contributed by atoms with Crippen molar-refractivity contribution in [1.82, 2.24) is 4.90 Å². The van der Waals surface area contributed by atoms with E-state index in [0.717, 1.165) is 5.56 Å². The van der Waals surface area contributed by atoms with Gasteiger partial charge in [-0.15, -0.1) is 0 Å². The number of allylic oxidation sites excluding steroid dienone is 2. The Morgan fingerprint density at radius 1 is 1.26 bits per heavy atom. The number of benzene rings is 1. The average Bonchev–Trinajstić information content (AvgIpc) is 2.46. The van der Waals surface area contributed by atoms with Gasteiger partial charge in [0.15, 0.2) is 0 Å². The molecule has 0 amide bonds. The van der Waals surface area contributed by atoms with Crippen molar-refractivity contribution in [3.63, 3.8) is 0 Å². The summed E-state index contributed by atoms with van der Waals surface area (Å²) in [6.45, 7) is 0.495. The van der Waals surface area contributed by atoms with E-state index in [0.29, 0.717) is 12.2 Å². The Balaban J connectivity index is 1.91. The van der Waals surface area contributed by atoms with Gasteiger partial charge in [0.2, 0.25) is 0 Å². The van der Waals surface area contributed by atoms with Gasteiger partial charge in [-0.05, 0) is 29.8 Å². The van der Waals surface area contributed by atoms with E-state index in [9.17, 15) is 4.79 Å². The van der Waals surface area contributed by atoms with E-state index in [-0.39, 0.29) is 12.2 Å². The van der Waals surface area contributed by atoms with Crippen molar-refractivity contribution < 1.29 is 14.3 Å². The van der Waals surface area contributed by atoms with Gasteiger partial charge in [0.05, 0.1) is 19.3 Å². The molecule has 4 nitrogen and oxygen atoms in total. The van der Waals surface area contributed by atoms with Crippen LogP contribution in [0.2, 0.25) is 0 Å². The molecule has 1 atom stereocenters. The maximum absolute atomic E-state index is 11.3. The zero-order chi connectivity index (χ0) is 13.7. The number of ether oxygens (including phenoxy) is 2. The van der Waals surface area contributed by atoms with Gasteiger partial charge in [-0.3, -0.25) is 0 Å². The molecule has 1 aliphatic heterocycles. The van der Waals surface area contributed by atoms with E-state index in [1.54, 1.807) is 12.1 Å². The van der Waals surface area contributed by atoms with Gasteiger partial charge >= 0.3 is 5.97 Å². The van der Waals surface area contributed by atoms with Gasteiger partial charge < -0.3 is 14.4 Å². The Labute approximate surface area is 112 Å².